The van der Waals surface area contributed by atoms with E-state index in [4.69, 9.17) is 20.9 Å². The maximum Gasteiger partial charge on any atom is 0.257 e. The fraction of sp³-hybridized carbons (Fsp3) is 0.292. The lowest BCUT2D eigenvalue weighted by molar-refractivity contribution is -0.121. The average molecular weight is 454 g/mol. The topological polar surface area (TPSA) is 84.7 Å². The molecule has 2 amide bonds. The Hall–Kier alpha value is -3.32. The number of carbonyl (C=O) groups is 2. The predicted molar refractivity (Wildman–Crippen MR) is 121 cm³/mol. The second-order valence-electron chi connectivity index (χ2n) is 7.79. The van der Waals surface area contributed by atoms with Gasteiger partial charge in [0.05, 0.1) is 5.56 Å². The van der Waals surface area contributed by atoms with E-state index >= 15 is 0 Å². The quantitative estimate of drug-likeness (QED) is 0.584. The fourth-order valence-corrected chi connectivity index (χ4v) is 3.81. The largest absolute Gasteiger partial charge is 0.488 e. The van der Waals surface area contributed by atoms with Crippen LogP contribution in [-0.4, -0.2) is 35.0 Å². The number of likely N-dealkylation sites (tertiary alicyclic amines) is 1. The third-order valence-corrected chi connectivity index (χ3v) is 5.71. The summed E-state index contributed by atoms with van der Waals surface area (Å²) < 4.78 is 10.9. The number of benzene rings is 2. The van der Waals surface area contributed by atoms with E-state index in [-0.39, 0.29) is 17.7 Å². The lowest BCUT2D eigenvalue weighted by atomic mass is 9.95. The Morgan fingerprint density at radius 1 is 1.16 bits per heavy atom. The van der Waals surface area contributed by atoms with E-state index in [2.05, 4.69) is 10.5 Å². The van der Waals surface area contributed by atoms with Gasteiger partial charge in [-0.05, 0) is 49.6 Å². The first-order valence-corrected chi connectivity index (χ1v) is 10.9. The first-order chi connectivity index (χ1) is 15.5. The molecule has 0 unspecified atom stereocenters. The molecular weight excluding hydrogens is 430 g/mol. The molecule has 0 aliphatic carbocycles. The van der Waals surface area contributed by atoms with Crippen molar-refractivity contribution in [2.75, 3.05) is 18.4 Å². The molecule has 0 atom stereocenters. The van der Waals surface area contributed by atoms with Crippen molar-refractivity contribution in [3.8, 4) is 5.75 Å². The highest BCUT2D eigenvalue weighted by Crippen LogP contribution is 2.25. The molecule has 8 heteroatoms. The van der Waals surface area contributed by atoms with Crippen molar-refractivity contribution in [3.05, 3.63) is 76.5 Å². The second kappa shape index (κ2) is 9.87. The average Bonchev–Trinajstić information content (AvgIpc) is 3.23. The van der Waals surface area contributed by atoms with Gasteiger partial charge in [0.15, 0.2) is 5.82 Å². The normalized spacial score (nSPS) is 14.2. The number of hydrogen-bond donors (Lipinski definition) is 1. The number of ether oxygens (including phenoxy) is 1. The zero-order valence-corrected chi connectivity index (χ0v) is 18.5. The van der Waals surface area contributed by atoms with E-state index in [1.165, 1.54) is 0 Å². The molecule has 1 aromatic heterocycles. The van der Waals surface area contributed by atoms with Gasteiger partial charge in [-0.25, -0.2) is 0 Å². The van der Waals surface area contributed by atoms with Crippen LogP contribution in [0.4, 0.5) is 5.82 Å². The molecule has 2 aromatic carbocycles. The first kappa shape index (κ1) is 21.9. The fourth-order valence-electron chi connectivity index (χ4n) is 3.68. The third-order valence-electron chi connectivity index (χ3n) is 5.46. The van der Waals surface area contributed by atoms with Gasteiger partial charge < -0.3 is 19.5 Å². The maximum atomic E-state index is 13.2. The monoisotopic (exact) mass is 453 g/mol. The lowest BCUT2D eigenvalue weighted by Crippen LogP contribution is -2.41. The van der Waals surface area contributed by atoms with Crippen LogP contribution in [0.5, 0.6) is 5.75 Å². The van der Waals surface area contributed by atoms with Crippen LogP contribution in [0, 0.1) is 12.8 Å². The molecule has 0 radical (unpaired) electrons. The van der Waals surface area contributed by atoms with Crippen molar-refractivity contribution in [1.82, 2.24) is 10.1 Å². The second-order valence-corrected chi connectivity index (χ2v) is 8.23. The van der Waals surface area contributed by atoms with Crippen molar-refractivity contribution >= 4 is 29.2 Å². The minimum absolute atomic E-state index is 0.0947. The Labute approximate surface area is 191 Å². The van der Waals surface area contributed by atoms with Gasteiger partial charge in [-0.2, -0.15) is 0 Å². The molecule has 4 rings (SSSR count). The minimum atomic E-state index is -0.174. The van der Waals surface area contributed by atoms with Crippen LogP contribution in [-0.2, 0) is 11.4 Å². The van der Waals surface area contributed by atoms with Gasteiger partial charge in [-0.15, -0.1) is 0 Å². The molecule has 0 bridgehead atoms. The van der Waals surface area contributed by atoms with Crippen LogP contribution in [0.25, 0.3) is 0 Å². The van der Waals surface area contributed by atoms with Crippen LogP contribution in [0.15, 0.2) is 59.1 Å². The van der Waals surface area contributed by atoms with Crippen LogP contribution >= 0.6 is 11.6 Å². The first-order valence-electron chi connectivity index (χ1n) is 10.5. The summed E-state index contributed by atoms with van der Waals surface area (Å²) in [5.41, 5.74) is 1.48. The number of amides is 2. The Kier molecular flexibility index (Phi) is 6.75. The smallest absolute Gasteiger partial charge is 0.257 e. The van der Waals surface area contributed by atoms with Crippen molar-refractivity contribution in [2.24, 2.45) is 5.92 Å². The van der Waals surface area contributed by atoms with Gasteiger partial charge in [0, 0.05) is 30.1 Å². The molecule has 1 aliphatic heterocycles. The number of anilines is 1. The number of nitrogens with one attached hydrogen (secondary N) is 1. The molecule has 166 valence electrons. The van der Waals surface area contributed by atoms with E-state index in [1.807, 2.05) is 24.3 Å². The van der Waals surface area contributed by atoms with E-state index in [1.54, 1.807) is 42.2 Å². The number of halogens is 1. The molecule has 1 saturated heterocycles. The van der Waals surface area contributed by atoms with Gasteiger partial charge in [0.2, 0.25) is 5.91 Å². The van der Waals surface area contributed by atoms with E-state index < -0.39 is 0 Å². The number of piperidine rings is 1. The van der Waals surface area contributed by atoms with Crippen molar-refractivity contribution < 1.29 is 18.8 Å². The summed E-state index contributed by atoms with van der Waals surface area (Å²) >= 11 is 5.93. The molecule has 0 spiro atoms. The van der Waals surface area contributed by atoms with E-state index in [0.29, 0.717) is 60.5 Å². The Morgan fingerprint density at radius 3 is 2.56 bits per heavy atom. The molecule has 0 saturated carbocycles. The zero-order valence-electron chi connectivity index (χ0n) is 17.7. The summed E-state index contributed by atoms with van der Waals surface area (Å²) in [6, 6.07) is 16.3. The number of para-hydroxylation sites is 1. The number of aryl methyl sites for hydroxylation is 1. The van der Waals surface area contributed by atoms with Crippen LogP contribution < -0.4 is 10.1 Å². The summed E-state index contributed by atoms with van der Waals surface area (Å²) in [4.78, 5) is 27.4. The van der Waals surface area contributed by atoms with Crippen molar-refractivity contribution in [1.29, 1.82) is 0 Å². The number of carbonyl (C=O) groups excluding carboxylic acids is 2. The predicted octanol–water partition coefficient (Wildman–Crippen LogP) is 4.71. The summed E-state index contributed by atoms with van der Waals surface area (Å²) in [5, 5.41) is 7.24. The van der Waals surface area contributed by atoms with Crippen molar-refractivity contribution in [2.45, 2.75) is 26.4 Å². The summed E-state index contributed by atoms with van der Waals surface area (Å²) in [6.07, 6.45) is 1.17. The SMILES string of the molecule is Cc1cc(NC(=O)C2CCN(C(=O)c3ccccc3OCc3ccc(Cl)cc3)CC2)no1. The Balaban J connectivity index is 1.34. The summed E-state index contributed by atoms with van der Waals surface area (Å²) in [5.74, 6) is 1.22. The number of hydrogen-bond acceptors (Lipinski definition) is 5. The molecule has 7 nitrogen and oxygen atoms in total. The molecule has 1 aliphatic rings. The molecular formula is C24H24ClN3O4. The summed E-state index contributed by atoms with van der Waals surface area (Å²) in [7, 11) is 0. The van der Waals surface area contributed by atoms with Crippen LogP contribution in [0.2, 0.25) is 5.02 Å². The van der Waals surface area contributed by atoms with Gasteiger partial charge in [0.1, 0.15) is 18.1 Å². The highest BCUT2D eigenvalue weighted by Gasteiger charge is 2.29. The number of aromatic nitrogens is 1. The molecule has 1 fully saturated rings. The van der Waals surface area contributed by atoms with Gasteiger partial charge >= 0.3 is 0 Å². The van der Waals surface area contributed by atoms with Crippen LogP contribution in [0.1, 0.15) is 34.5 Å². The highest BCUT2D eigenvalue weighted by molar-refractivity contribution is 6.30. The maximum absolute atomic E-state index is 13.2. The standard InChI is InChI=1S/C24H24ClN3O4/c1-16-14-22(27-32-16)26-23(29)18-10-12-28(13-11-18)24(30)20-4-2-3-5-21(20)31-15-17-6-8-19(25)9-7-17/h2-9,14,18H,10-13,15H2,1H3,(H,26,27,29). The Bertz CT molecular complexity index is 1090. The summed E-state index contributed by atoms with van der Waals surface area (Å²) in [6.45, 7) is 3.11. The van der Waals surface area contributed by atoms with Gasteiger partial charge in [-0.1, -0.05) is 41.0 Å². The molecule has 1 N–H and O–H groups in total. The Morgan fingerprint density at radius 2 is 1.88 bits per heavy atom. The van der Waals surface area contributed by atoms with Crippen LogP contribution in [0.3, 0.4) is 0 Å². The van der Waals surface area contributed by atoms with Gasteiger partial charge in [-0.3, -0.25) is 9.59 Å². The minimum Gasteiger partial charge on any atom is -0.488 e. The lowest BCUT2D eigenvalue weighted by Gasteiger charge is -2.31. The zero-order chi connectivity index (χ0) is 22.5. The van der Waals surface area contributed by atoms with E-state index in [0.717, 1.165) is 5.56 Å². The van der Waals surface area contributed by atoms with Gasteiger partial charge in [0.25, 0.3) is 5.91 Å². The molecule has 3 aromatic rings. The number of nitrogens with zero attached hydrogens (tertiary/aromatic N) is 2. The molecule has 2 heterocycles. The molecule has 32 heavy (non-hydrogen) atoms. The van der Waals surface area contributed by atoms with Crippen molar-refractivity contribution in [3.63, 3.8) is 0 Å². The third kappa shape index (κ3) is 5.29. The number of rotatable bonds is 6. The highest BCUT2D eigenvalue weighted by atomic mass is 35.5. The van der Waals surface area contributed by atoms with E-state index in [9.17, 15) is 9.59 Å².